The van der Waals surface area contributed by atoms with Gasteiger partial charge >= 0.3 is 12.0 Å². The van der Waals surface area contributed by atoms with Crippen LogP contribution in [-0.4, -0.2) is 51.0 Å². The molecule has 0 aliphatic heterocycles. The van der Waals surface area contributed by atoms with Gasteiger partial charge in [-0.25, -0.2) is 4.79 Å². The van der Waals surface area contributed by atoms with Crippen LogP contribution in [0.5, 0.6) is 0 Å². The standard InChI is InChI=1S/C12H27N5O3Si/c1-21(2)8-4-7-16-12(20)17-11(14)15-6-3-5-9(13)10(18)19/h9,21H,3-8,13H2,1-2H3,(H,18,19)(H4,14,15,16,17,20)/t9-/m0/s1. The van der Waals surface area contributed by atoms with Gasteiger partial charge in [0.15, 0.2) is 5.96 Å². The SMILES string of the molecule is C[SiH](C)CCCNC(=O)NC(=N)NCCC[C@H](N)C(=O)O. The highest BCUT2D eigenvalue weighted by atomic mass is 28.3. The lowest BCUT2D eigenvalue weighted by molar-refractivity contribution is -0.138. The van der Waals surface area contributed by atoms with E-state index in [4.69, 9.17) is 16.2 Å². The summed E-state index contributed by atoms with van der Waals surface area (Å²) in [5.74, 6) is -1.14. The first kappa shape index (κ1) is 19.4. The maximum Gasteiger partial charge on any atom is 0.321 e. The second-order valence-corrected chi connectivity index (χ2v) is 8.67. The molecule has 0 heterocycles. The minimum Gasteiger partial charge on any atom is -0.480 e. The lowest BCUT2D eigenvalue weighted by Gasteiger charge is -2.11. The highest BCUT2D eigenvalue weighted by molar-refractivity contribution is 6.55. The maximum absolute atomic E-state index is 11.4. The van der Waals surface area contributed by atoms with Crippen LogP contribution in [0.15, 0.2) is 0 Å². The minimum absolute atomic E-state index is 0.102. The average molecular weight is 317 g/mol. The number of aliphatic carboxylic acids is 1. The number of carboxylic acids is 1. The smallest absolute Gasteiger partial charge is 0.321 e. The van der Waals surface area contributed by atoms with Gasteiger partial charge in [-0.2, -0.15) is 0 Å². The zero-order chi connectivity index (χ0) is 16.3. The Balaban J connectivity index is 3.60. The zero-order valence-electron chi connectivity index (χ0n) is 12.7. The van der Waals surface area contributed by atoms with Crippen molar-refractivity contribution in [3.05, 3.63) is 0 Å². The fourth-order valence-corrected chi connectivity index (χ4v) is 2.59. The predicted octanol–water partition coefficient (Wildman–Crippen LogP) is -0.121. The third-order valence-electron chi connectivity index (χ3n) is 2.79. The average Bonchev–Trinajstić information content (AvgIpc) is 2.39. The van der Waals surface area contributed by atoms with E-state index in [0.717, 1.165) is 6.42 Å². The quantitative estimate of drug-likeness (QED) is 0.152. The van der Waals surface area contributed by atoms with E-state index in [2.05, 4.69) is 29.0 Å². The van der Waals surface area contributed by atoms with Crippen molar-refractivity contribution >= 4 is 26.8 Å². The van der Waals surface area contributed by atoms with E-state index in [1.54, 1.807) is 0 Å². The monoisotopic (exact) mass is 317 g/mol. The van der Waals surface area contributed by atoms with Gasteiger partial charge in [0.2, 0.25) is 0 Å². The minimum atomic E-state index is -1.04. The summed E-state index contributed by atoms with van der Waals surface area (Å²) >= 11 is 0. The van der Waals surface area contributed by atoms with Crippen molar-refractivity contribution < 1.29 is 14.7 Å². The molecular weight excluding hydrogens is 290 g/mol. The number of nitrogens with two attached hydrogens (primary N) is 1. The molecule has 0 saturated heterocycles. The zero-order valence-corrected chi connectivity index (χ0v) is 13.9. The molecule has 122 valence electrons. The highest BCUT2D eigenvalue weighted by Gasteiger charge is 2.10. The highest BCUT2D eigenvalue weighted by Crippen LogP contribution is 1.95. The molecule has 0 aliphatic rings. The molecule has 9 heteroatoms. The van der Waals surface area contributed by atoms with E-state index >= 15 is 0 Å². The van der Waals surface area contributed by atoms with Crippen molar-refractivity contribution in [3.63, 3.8) is 0 Å². The van der Waals surface area contributed by atoms with E-state index in [1.165, 1.54) is 6.04 Å². The summed E-state index contributed by atoms with van der Waals surface area (Å²) in [6.07, 6.45) is 1.80. The Hall–Kier alpha value is -1.61. The number of carboxylic acid groups (broad SMARTS) is 1. The summed E-state index contributed by atoms with van der Waals surface area (Å²) in [6.45, 7) is 5.52. The van der Waals surface area contributed by atoms with Crippen molar-refractivity contribution in [3.8, 4) is 0 Å². The fraction of sp³-hybridized carbons (Fsp3) is 0.750. The summed E-state index contributed by atoms with van der Waals surface area (Å²) in [5, 5.41) is 23.8. The second-order valence-electron chi connectivity index (χ2n) is 5.31. The van der Waals surface area contributed by atoms with E-state index in [-0.39, 0.29) is 5.96 Å². The third-order valence-corrected chi connectivity index (χ3v) is 4.36. The third kappa shape index (κ3) is 11.9. The predicted molar refractivity (Wildman–Crippen MR) is 85.4 cm³/mol. The van der Waals surface area contributed by atoms with E-state index in [0.29, 0.717) is 25.9 Å². The summed E-state index contributed by atoms with van der Waals surface area (Å²) < 4.78 is 0. The van der Waals surface area contributed by atoms with E-state index in [9.17, 15) is 9.59 Å². The van der Waals surface area contributed by atoms with Crippen LogP contribution in [0.1, 0.15) is 19.3 Å². The number of carbonyl (C=O) groups excluding carboxylic acids is 1. The molecule has 0 unspecified atom stereocenters. The number of urea groups is 1. The molecule has 8 nitrogen and oxygen atoms in total. The normalized spacial score (nSPS) is 11.8. The number of rotatable bonds is 9. The Kier molecular flexibility index (Phi) is 10.2. The molecular formula is C12H27N5O3Si. The van der Waals surface area contributed by atoms with E-state index in [1.807, 2.05) is 0 Å². The molecule has 0 spiro atoms. The molecule has 2 amide bonds. The van der Waals surface area contributed by atoms with E-state index < -0.39 is 26.8 Å². The Morgan fingerprint density at radius 3 is 2.43 bits per heavy atom. The van der Waals surface area contributed by atoms with Gasteiger partial charge in [0.05, 0.1) is 0 Å². The van der Waals surface area contributed by atoms with Crippen LogP contribution >= 0.6 is 0 Å². The van der Waals surface area contributed by atoms with Gasteiger partial charge in [-0.1, -0.05) is 19.1 Å². The summed E-state index contributed by atoms with van der Waals surface area (Å²) in [5.41, 5.74) is 5.35. The summed E-state index contributed by atoms with van der Waals surface area (Å²) in [7, 11) is -0.576. The van der Waals surface area contributed by atoms with Gasteiger partial charge in [-0.3, -0.25) is 15.5 Å². The molecule has 0 aromatic carbocycles. The second kappa shape index (κ2) is 11.1. The van der Waals surface area contributed by atoms with Crippen LogP contribution in [0.25, 0.3) is 0 Å². The maximum atomic E-state index is 11.4. The number of nitrogens with one attached hydrogen (secondary N) is 4. The first-order valence-corrected chi connectivity index (χ1v) is 10.3. The van der Waals surface area contributed by atoms with Crippen LogP contribution in [0, 0.1) is 5.41 Å². The molecule has 0 saturated carbocycles. The van der Waals surface area contributed by atoms with Gasteiger partial charge in [0, 0.05) is 21.9 Å². The molecule has 0 bridgehead atoms. The van der Waals surface area contributed by atoms with Crippen molar-refractivity contribution in [1.29, 1.82) is 5.41 Å². The molecule has 0 fully saturated rings. The molecule has 0 aromatic heterocycles. The number of hydrogen-bond donors (Lipinski definition) is 6. The molecule has 1 atom stereocenters. The fourth-order valence-electron chi connectivity index (χ4n) is 1.57. The Morgan fingerprint density at radius 2 is 1.86 bits per heavy atom. The molecule has 0 aliphatic carbocycles. The van der Waals surface area contributed by atoms with Gasteiger partial charge < -0.3 is 21.5 Å². The van der Waals surface area contributed by atoms with Crippen LogP contribution < -0.4 is 21.7 Å². The summed E-state index contributed by atoms with van der Waals surface area (Å²) in [4.78, 5) is 21.9. The lowest BCUT2D eigenvalue weighted by atomic mass is 10.2. The van der Waals surface area contributed by atoms with Crippen LogP contribution in [-0.2, 0) is 4.79 Å². The Morgan fingerprint density at radius 1 is 1.24 bits per heavy atom. The van der Waals surface area contributed by atoms with Gasteiger partial charge in [-0.15, -0.1) is 0 Å². The number of amides is 2. The molecule has 21 heavy (non-hydrogen) atoms. The first-order chi connectivity index (χ1) is 9.82. The first-order valence-electron chi connectivity index (χ1n) is 7.18. The molecule has 7 N–H and O–H groups in total. The van der Waals surface area contributed by atoms with Crippen LogP contribution in [0.2, 0.25) is 19.1 Å². The Bertz CT molecular complexity index is 352. The van der Waals surface area contributed by atoms with Crippen LogP contribution in [0.3, 0.4) is 0 Å². The molecule has 0 aromatic rings. The largest absolute Gasteiger partial charge is 0.480 e. The van der Waals surface area contributed by atoms with Crippen molar-refractivity contribution in [2.75, 3.05) is 13.1 Å². The van der Waals surface area contributed by atoms with Crippen molar-refractivity contribution in [1.82, 2.24) is 16.0 Å². The van der Waals surface area contributed by atoms with Crippen LogP contribution in [0.4, 0.5) is 4.79 Å². The number of carbonyl (C=O) groups is 2. The number of hydrogen-bond acceptors (Lipinski definition) is 4. The van der Waals surface area contributed by atoms with Gasteiger partial charge in [-0.05, 0) is 19.3 Å². The Labute approximate surface area is 127 Å². The molecule has 0 radical (unpaired) electrons. The number of guanidine groups is 1. The molecule has 0 rings (SSSR count). The topological polar surface area (TPSA) is 140 Å². The van der Waals surface area contributed by atoms with Gasteiger partial charge in [0.1, 0.15) is 6.04 Å². The lowest BCUT2D eigenvalue weighted by Crippen LogP contribution is -2.46. The van der Waals surface area contributed by atoms with Gasteiger partial charge in [0.25, 0.3) is 0 Å². The van der Waals surface area contributed by atoms with Crippen molar-refractivity contribution in [2.24, 2.45) is 5.73 Å². The van der Waals surface area contributed by atoms with Crippen molar-refractivity contribution in [2.45, 2.75) is 44.4 Å². The summed E-state index contributed by atoms with van der Waals surface area (Å²) in [6, 6.07) is -0.110.